The van der Waals surface area contributed by atoms with Crippen molar-refractivity contribution in [2.75, 3.05) is 33.8 Å². The predicted molar refractivity (Wildman–Crippen MR) is 150 cm³/mol. The first kappa shape index (κ1) is 28.0. The number of carbonyl (C=O) groups excluding carboxylic acids is 2. The topological polar surface area (TPSA) is 108 Å². The van der Waals surface area contributed by atoms with Gasteiger partial charge in [-0.1, -0.05) is 30.3 Å². The van der Waals surface area contributed by atoms with Gasteiger partial charge in [0.15, 0.2) is 16.6 Å². The van der Waals surface area contributed by atoms with Crippen molar-refractivity contribution < 1.29 is 28.5 Å². The van der Waals surface area contributed by atoms with Gasteiger partial charge in [-0.25, -0.2) is 9.78 Å². The molecule has 0 amide bonds. The number of esters is 2. The molecule has 0 saturated carbocycles. The lowest BCUT2D eigenvalue weighted by Crippen LogP contribution is -2.60. The summed E-state index contributed by atoms with van der Waals surface area (Å²) in [6.45, 7) is 5.70. The van der Waals surface area contributed by atoms with Crippen LogP contribution in [-0.2, 0) is 24.6 Å². The van der Waals surface area contributed by atoms with Crippen LogP contribution in [0.25, 0.3) is 11.3 Å². The summed E-state index contributed by atoms with van der Waals surface area (Å²) in [5.74, 6) is -0.655. The van der Waals surface area contributed by atoms with Crippen molar-refractivity contribution in [1.29, 1.82) is 0 Å². The van der Waals surface area contributed by atoms with E-state index in [0.29, 0.717) is 27.9 Å². The number of ether oxygens (including phenoxy) is 4. The number of thiazole rings is 1. The number of rotatable bonds is 8. The normalized spacial score (nSPS) is 20.6. The Hall–Kier alpha value is -4.05. The number of carbonyl (C=O) groups is 2. The first-order chi connectivity index (χ1) is 18.7. The van der Waals surface area contributed by atoms with Gasteiger partial charge in [-0.2, -0.15) is 0 Å². The van der Waals surface area contributed by atoms with Crippen molar-refractivity contribution in [2.24, 2.45) is 5.92 Å². The maximum Gasteiger partial charge on any atom is 0.337 e. The molecule has 0 bridgehead atoms. The zero-order chi connectivity index (χ0) is 28.3. The van der Waals surface area contributed by atoms with Crippen LogP contribution < -0.4 is 20.1 Å². The average molecular weight is 552 g/mol. The number of allylic oxidation sites excluding steroid dienone is 1. The number of methoxy groups -OCH3 is 4. The maximum absolute atomic E-state index is 13.4. The minimum atomic E-state index is -0.897. The third-order valence-electron chi connectivity index (χ3n) is 7.08. The first-order valence-corrected chi connectivity index (χ1v) is 13.2. The molecule has 9 nitrogen and oxygen atoms in total. The van der Waals surface area contributed by atoms with E-state index >= 15 is 0 Å². The Kier molecular flexibility index (Phi) is 8.15. The molecule has 206 valence electrons. The Balaban J connectivity index is 1.82. The minimum Gasteiger partial charge on any atom is -0.493 e. The van der Waals surface area contributed by atoms with E-state index in [-0.39, 0.29) is 0 Å². The molecule has 4 rings (SSSR count). The summed E-state index contributed by atoms with van der Waals surface area (Å²) in [7, 11) is 5.83. The van der Waals surface area contributed by atoms with E-state index in [4.69, 9.17) is 23.9 Å². The molecule has 1 aliphatic heterocycles. The zero-order valence-corrected chi connectivity index (χ0v) is 23.9. The Bertz CT molecular complexity index is 1400. The molecule has 0 radical (unpaired) electrons. The number of hydrogen-bond acceptors (Lipinski definition) is 10. The van der Waals surface area contributed by atoms with Crippen LogP contribution >= 0.6 is 11.3 Å². The van der Waals surface area contributed by atoms with E-state index in [0.717, 1.165) is 21.7 Å². The molecule has 10 heteroatoms. The van der Waals surface area contributed by atoms with Gasteiger partial charge in [0.25, 0.3) is 0 Å². The lowest BCUT2D eigenvalue weighted by Gasteiger charge is -2.46. The largest absolute Gasteiger partial charge is 0.493 e. The highest BCUT2D eigenvalue weighted by Crippen LogP contribution is 2.43. The number of nitrogens with zero attached hydrogens (tertiary/aromatic N) is 1. The molecule has 1 aliphatic rings. The van der Waals surface area contributed by atoms with Crippen molar-refractivity contribution in [3.63, 3.8) is 0 Å². The van der Waals surface area contributed by atoms with Crippen molar-refractivity contribution in [1.82, 2.24) is 10.3 Å². The highest BCUT2D eigenvalue weighted by atomic mass is 32.1. The third-order valence-corrected chi connectivity index (χ3v) is 7.99. The fourth-order valence-corrected chi connectivity index (χ4v) is 6.06. The van der Waals surface area contributed by atoms with E-state index in [2.05, 4.69) is 10.6 Å². The first-order valence-electron chi connectivity index (χ1n) is 12.3. The standard InChI is InChI=1S/C29H33N3O6S/c1-16-22(26(33)37-6)25(23(27(34)38-7)29(3,32-16)19-11-9-8-10-12-19)31-28-30-24(17(2)39-28)18-13-14-20(35-4)21(15-18)36-5/h8-15,23,25,32H,1-7H3,(H,30,31). The molecule has 2 heterocycles. The van der Waals surface area contributed by atoms with Crippen molar-refractivity contribution >= 4 is 28.4 Å². The summed E-state index contributed by atoms with van der Waals surface area (Å²) in [5.41, 5.74) is 2.47. The van der Waals surface area contributed by atoms with Crippen LogP contribution in [0, 0.1) is 12.8 Å². The van der Waals surface area contributed by atoms with Gasteiger partial charge in [-0.3, -0.25) is 4.79 Å². The second-order valence-corrected chi connectivity index (χ2v) is 10.5. The van der Waals surface area contributed by atoms with Crippen LogP contribution in [0.15, 0.2) is 59.8 Å². The smallest absolute Gasteiger partial charge is 0.337 e. The van der Waals surface area contributed by atoms with E-state index in [1.165, 1.54) is 25.6 Å². The summed E-state index contributed by atoms with van der Waals surface area (Å²) in [4.78, 5) is 32.3. The van der Waals surface area contributed by atoms with Crippen molar-refractivity contribution in [3.8, 4) is 22.8 Å². The van der Waals surface area contributed by atoms with E-state index in [9.17, 15) is 9.59 Å². The molecule has 3 aromatic rings. The van der Waals surface area contributed by atoms with Gasteiger partial charge < -0.3 is 29.6 Å². The molecular formula is C29H33N3O6S. The average Bonchev–Trinajstić information content (AvgIpc) is 3.31. The van der Waals surface area contributed by atoms with E-state index in [1.54, 1.807) is 21.1 Å². The number of nitrogens with one attached hydrogen (secondary N) is 2. The zero-order valence-electron chi connectivity index (χ0n) is 23.1. The summed E-state index contributed by atoms with van der Waals surface area (Å²) < 4.78 is 21.3. The van der Waals surface area contributed by atoms with E-state index in [1.807, 2.05) is 62.4 Å². The Morgan fingerprint density at radius 1 is 0.974 bits per heavy atom. The van der Waals surface area contributed by atoms with Crippen molar-refractivity contribution in [3.05, 3.63) is 70.2 Å². The molecule has 2 N–H and O–H groups in total. The molecule has 0 aliphatic carbocycles. The van der Waals surface area contributed by atoms with Crippen LogP contribution in [-0.4, -0.2) is 51.4 Å². The van der Waals surface area contributed by atoms with Gasteiger partial charge in [0.2, 0.25) is 0 Å². The molecule has 1 aromatic heterocycles. The summed E-state index contributed by atoms with van der Waals surface area (Å²) in [6, 6.07) is 14.4. The second kappa shape index (κ2) is 11.4. The number of aryl methyl sites for hydroxylation is 1. The Labute approximate surface area is 232 Å². The number of hydrogen-bond donors (Lipinski definition) is 2. The molecule has 3 atom stereocenters. The highest BCUT2D eigenvalue weighted by molar-refractivity contribution is 7.16. The lowest BCUT2D eigenvalue weighted by atomic mass is 9.70. The van der Waals surface area contributed by atoms with Crippen LogP contribution in [0.4, 0.5) is 5.13 Å². The quantitative estimate of drug-likeness (QED) is 0.386. The second-order valence-electron chi connectivity index (χ2n) is 9.34. The molecular weight excluding hydrogens is 518 g/mol. The molecule has 0 spiro atoms. The molecule has 2 aromatic carbocycles. The van der Waals surface area contributed by atoms with Gasteiger partial charge in [0.05, 0.1) is 51.3 Å². The fraction of sp³-hybridized carbons (Fsp3) is 0.345. The molecule has 0 saturated heterocycles. The summed E-state index contributed by atoms with van der Waals surface area (Å²) in [6.07, 6.45) is 0. The number of benzene rings is 2. The van der Waals surface area contributed by atoms with Crippen molar-refractivity contribution in [2.45, 2.75) is 32.4 Å². The number of anilines is 1. The summed E-state index contributed by atoms with van der Waals surface area (Å²) >= 11 is 1.42. The van der Waals surface area contributed by atoms with Gasteiger partial charge in [-0.05, 0) is 44.5 Å². The van der Waals surface area contributed by atoms with Gasteiger partial charge in [-0.15, -0.1) is 11.3 Å². The highest BCUT2D eigenvalue weighted by Gasteiger charge is 2.52. The number of aromatic nitrogens is 1. The SMILES string of the molecule is COC(=O)C1=C(C)NC(C)(c2ccccc2)C(C(=O)OC)C1Nc1nc(-c2ccc(OC)c(OC)c2)c(C)s1. The van der Waals surface area contributed by atoms with E-state index < -0.39 is 29.4 Å². The molecule has 3 unspecified atom stereocenters. The molecule has 39 heavy (non-hydrogen) atoms. The van der Waals surface area contributed by atoms with Crippen LogP contribution in [0.2, 0.25) is 0 Å². The van der Waals surface area contributed by atoms with Crippen LogP contribution in [0.3, 0.4) is 0 Å². The monoisotopic (exact) mass is 551 g/mol. The van der Waals surface area contributed by atoms with Gasteiger partial charge in [0.1, 0.15) is 5.92 Å². The maximum atomic E-state index is 13.4. The van der Waals surface area contributed by atoms with Gasteiger partial charge >= 0.3 is 11.9 Å². The van der Waals surface area contributed by atoms with Crippen LogP contribution in [0.1, 0.15) is 24.3 Å². The Morgan fingerprint density at radius 3 is 2.28 bits per heavy atom. The Morgan fingerprint density at radius 2 is 1.67 bits per heavy atom. The minimum absolute atomic E-state index is 0.307. The summed E-state index contributed by atoms with van der Waals surface area (Å²) in [5, 5.41) is 7.36. The van der Waals surface area contributed by atoms with Crippen LogP contribution in [0.5, 0.6) is 11.5 Å². The fourth-order valence-electron chi connectivity index (χ4n) is 5.19. The third kappa shape index (κ3) is 5.16. The molecule has 0 fully saturated rings. The predicted octanol–water partition coefficient (Wildman–Crippen LogP) is 4.67. The van der Waals surface area contributed by atoms with Gasteiger partial charge in [0, 0.05) is 16.1 Å². The lowest BCUT2D eigenvalue weighted by molar-refractivity contribution is -0.149.